The summed E-state index contributed by atoms with van der Waals surface area (Å²) in [7, 11) is 0. The topological polar surface area (TPSA) is 82.8 Å². The average molecular weight is 328 g/mol. The van der Waals surface area contributed by atoms with Gasteiger partial charge >= 0.3 is 11.8 Å². The Hall–Kier alpha value is -2.60. The van der Waals surface area contributed by atoms with Crippen LogP contribution in [0.2, 0.25) is 0 Å². The largest absolute Gasteiger partial charge is 0.466 e. The molecule has 2 atom stereocenters. The molecule has 2 N–H and O–H groups in total. The lowest BCUT2D eigenvalue weighted by atomic mass is 10.0. The van der Waals surface area contributed by atoms with Gasteiger partial charge in [-0.25, -0.2) is 0 Å². The lowest BCUT2D eigenvalue weighted by Gasteiger charge is -2.22. The summed E-state index contributed by atoms with van der Waals surface area (Å²) in [5, 5.41) is 12.8. The van der Waals surface area contributed by atoms with Crippen molar-refractivity contribution >= 4 is 17.5 Å². The molecule has 0 spiro atoms. The van der Waals surface area contributed by atoms with Gasteiger partial charge in [0.15, 0.2) is 0 Å². The minimum Gasteiger partial charge on any atom is -0.466 e. The van der Waals surface area contributed by atoms with E-state index in [4.69, 9.17) is 4.42 Å². The standard InChI is InChI=1S/C18H20N2O4/c1-12-10-20(14-7-4-3-6-13(12)14)17(22)16(21)19-11-18(2,23)15-8-5-9-24-15/h3-9,12,23H,10-11H2,1-2H3,(H,19,21). The summed E-state index contributed by atoms with van der Waals surface area (Å²) in [5.74, 6) is -0.854. The fourth-order valence-corrected chi connectivity index (χ4v) is 2.94. The second-order valence-corrected chi connectivity index (χ2v) is 6.31. The molecule has 2 amide bonds. The van der Waals surface area contributed by atoms with Crippen molar-refractivity contribution in [1.29, 1.82) is 0 Å². The van der Waals surface area contributed by atoms with E-state index < -0.39 is 17.4 Å². The maximum Gasteiger partial charge on any atom is 0.316 e. The first kappa shape index (κ1) is 16.3. The predicted molar refractivity (Wildman–Crippen MR) is 88.5 cm³/mol. The molecule has 1 aliphatic rings. The smallest absolute Gasteiger partial charge is 0.316 e. The van der Waals surface area contributed by atoms with E-state index in [0.717, 1.165) is 11.3 Å². The molecule has 6 nitrogen and oxygen atoms in total. The lowest BCUT2D eigenvalue weighted by molar-refractivity contribution is -0.138. The molecule has 3 rings (SSSR count). The predicted octanol–water partition coefficient (Wildman–Crippen LogP) is 1.75. The van der Waals surface area contributed by atoms with Crippen LogP contribution < -0.4 is 10.2 Å². The highest BCUT2D eigenvalue weighted by Gasteiger charge is 2.34. The molecule has 6 heteroatoms. The third-order valence-corrected chi connectivity index (χ3v) is 4.30. The Morgan fingerprint density at radius 2 is 2.08 bits per heavy atom. The van der Waals surface area contributed by atoms with Gasteiger partial charge in [0.1, 0.15) is 11.4 Å². The lowest BCUT2D eigenvalue weighted by Crippen LogP contribution is -2.46. The van der Waals surface area contributed by atoms with Gasteiger partial charge in [-0.05, 0) is 30.7 Å². The van der Waals surface area contributed by atoms with Crippen LogP contribution in [0.3, 0.4) is 0 Å². The van der Waals surface area contributed by atoms with Crippen LogP contribution in [-0.2, 0) is 15.2 Å². The molecule has 0 saturated carbocycles. The van der Waals surface area contributed by atoms with Crippen molar-refractivity contribution in [3.8, 4) is 0 Å². The van der Waals surface area contributed by atoms with Gasteiger partial charge < -0.3 is 19.7 Å². The van der Waals surface area contributed by atoms with Crippen molar-refractivity contribution < 1.29 is 19.1 Å². The molecule has 1 aliphatic heterocycles. The van der Waals surface area contributed by atoms with Crippen LogP contribution in [-0.4, -0.2) is 30.0 Å². The first-order valence-electron chi connectivity index (χ1n) is 7.85. The number of para-hydroxylation sites is 1. The maximum atomic E-state index is 12.5. The van der Waals surface area contributed by atoms with Crippen LogP contribution in [0.25, 0.3) is 0 Å². The van der Waals surface area contributed by atoms with E-state index >= 15 is 0 Å². The molecule has 1 aromatic heterocycles. The van der Waals surface area contributed by atoms with Gasteiger partial charge in [0.05, 0.1) is 12.8 Å². The van der Waals surface area contributed by atoms with Crippen molar-refractivity contribution in [2.75, 3.05) is 18.0 Å². The summed E-state index contributed by atoms with van der Waals surface area (Å²) in [6, 6.07) is 10.8. The minimum atomic E-state index is -1.38. The van der Waals surface area contributed by atoms with Gasteiger partial charge in [-0.15, -0.1) is 0 Å². The molecule has 0 aliphatic carbocycles. The van der Waals surface area contributed by atoms with Gasteiger partial charge in [-0.2, -0.15) is 0 Å². The summed E-state index contributed by atoms with van der Waals surface area (Å²) in [6.45, 7) is 3.89. The van der Waals surface area contributed by atoms with Gasteiger partial charge in [-0.1, -0.05) is 25.1 Å². The van der Waals surface area contributed by atoms with Gasteiger partial charge in [0, 0.05) is 18.2 Å². The van der Waals surface area contributed by atoms with Crippen LogP contribution in [0, 0.1) is 0 Å². The first-order chi connectivity index (χ1) is 11.4. The minimum absolute atomic E-state index is 0.115. The third kappa shape index (κ3) is 2.92. The Morgan fingerprint density at radius 3 is 2.79 bits per heavy atom. The van der Waals surface area contributed by atoms with Crippen LogP contribution in [0.4, 0.5) is 5.69 Å². The maximum absolute atomic E-state index is 12.5. The van der Waals surface area contributed by atoms with E-state index in [0.29, 0.717) is 12.3 Å². The number of carbonyl (C=O) groups is 2. The number of nitrogens with one attached hydrogen (secondary N) is 1. The molecule has 0 fully saturated rings. The molecule has 24 heavy (non-hydrogen) atoms. The monoisotopic (exact) mass is 328 g/mol. The van der Waals surface area contributed by atoms with E-state index in [2.05, 4.69) is 5.32 Å². The van der Waals surface area contributed by atoms with Crippen LogP contribution >= 0.6 is 0 Å². The van der Waals surface area contributed by atoms with Crippen LogP contribution in [0.5, 0.6) is 0 Å². The number of aliphatic hydroxyl groups is 1. The van der Waals surface area contributed by atoms with Crippen molar-refractivity contribution in [2.45, 2.75) is 25.4 Å². The molecule has 2 heterocycles. The highest BCUT2D eigenvalue weighted by atomic mass is 16.4. The summed E-state index contributed by atoms with van der Waals surface area (Å²) in [6.07, 6.45) is 1.44. The zero-order valence-corrected chi connectivity index (χ0v) is 13.7. The van der Waals surface area contributed by atoms with Crippen molar-refractivity contribution in [2.24, 2.45) is 0 Å². The number of rotatable bonds is 3. The molecule has 2 unspecified atom stereocenters. The molecule has 2 aromatic rings. The van der Waals surface area contributed by atoms with E-state index in [1.54, 1.807) is 12.1 Å². The summed E-state index contributed by atoms with van der Waals surface area (Å²) in [4.78, 5) is 26.2. The first-order valence-corrected chi connectivity index (χ1v) is 7.85. The van der Waals surface area contributed by atoms with Gasteiger partial charge in [-0.3, -0.25) is 9.59 Å². The van der Waals surface area contributed by atoms with Gasteiger partial charge in [0.25, 0.3) is 0 Å². The quantitative estimate of drug-likeness (QED) is 0.841. The van der Waals surface area contributed by atoms with Crippen molar-refractivity contribution in [1.82, 2.24) is 5.32 Å². The Bertz CT molecular complexity index is 752. The Kier molecular flexibility index (Phi) is 4.15. The number of fused-ring (bicyclic) bond motifs is 1. The fourth-order valence-electron chi connectivity index (χ4n) is 2.94. The Balaban J connectivity index is 1.67. The number of anilines is 1. The zero-order valence-electron chi connectivity index (χ0n) is 13.7. The molecular formula is C18H20N2O4. The molecule has 0 bridgehead atoms. The number of nitrogens with zero attached hydrogens (tertiary/aromatic N) is 1. The fraction of sp³-hybridized carbons (Fsp3) is 0.333. The van der Waals surface area contributed by atoms with Crippen LogP contribution in [0.1, 0.15) is 31.1 Å². The van der Waals surface area contributed by atoms with E-state index in [1.165, 1.54) is 18.1 Å². The normalized spacial score (nSPS) is 18.8. The van der Waals surface area contributed by atoms with E-state index in [-0.39, 0.29) is 12.5 Å². The van der Waals surface area contributed by atoms with Crippen LogP contribution in [0.15, 0.2) is 47.1 Å². The SMILES string of the molecule is CC1CN(C(=O)C(=O)NCC(C)(O)c2ccco2)c2ccccc21. The Morgan fingerprint density at radius 1 is 1.33 bits per heavy atom. The van der Waals surface area contributed by atoms with Gasteiger partial charge in [0.2, 0.25) is 0 Å². The highest BCUT2D eigenvalue weighted by molar-refractivity contribution is 6.40. The van der Waals surface area contributed by atoms with E-state index in [1.807, 2.05) is 31.2 Å². The number of hydrogen-bond acceptors (Lipinski definition) is 4. The van der Waals surface area contributed by atoms with Crippen molar-refractivity contribution in [3.63, 3.8) is 0 Å². The number of amides is 2. The second kappa shape index (κ2) is 6.13. The second-order valence-electron chi connectivity index (χ2n) is 6.31. The van der Waals surface area contributed by atoms with E-state index in [9.17, 15) is 14.7 Å². The molecular weight excluding hydrogens is 308 g/mol. The number of carbonyl (C=O) groups excluding carboxylic acids is 2. The highest BCUT2D eigenvalue weighted by Crippen LogP contribution is 2.35. The number of furan rings is 1. The molecule has 0 radical (unpaired) electrons. The molecule has 0 saturated heterocycles. The molecule has 1 aromatic carbocycles. The summed E-state index contributed by atoms with van der Waals surface area (Å²) >= 11 is 0. The third-order valence-electron chi connectivity index (χ3n) is 4.30. The summed E-state index contributed by atoms with van der Waals surface area (Å²) in [5.41, 5.74) is 0.444. The summed E-state index contributed by atoms with van der Waals surface area (Å²) < 4.78 is 5.15. The van der Waals surface area contributed by atoms with Crippen molar-refractivity contribution in [3.05, 3.63) is 54.0 Å². The molecule has 126 valence electrons. The Labute approximate surface area is 140 Å². The number of hydrogen-bond donors (Lipinski definition) is 2. The average Bonchev–Trinajstić information content (AvgIpc) is 3.21. The zero-order chi connectivity index (χ0) is 17.3. The number of benzene rings is 1.